The molecule has 78 valence electrons. The highest BCUT2D eigenvalue weighted by Crippen LogP contribution is 2.16. The summed E-state index contributed by atoms with van der Waals surface area (Å²) >= 11 is 0. The van der Waals surface area contributed by atoms with Crippen molar-refractivity contribution in [1.29, 1.82) is 0 Å². The van der Waals surface area contributed by atoms with Crippen molar-refractivity contribution in [2.75, 3.05) is 19.8 Å². The van der Waals surface area contributed by atoms with E-state index in [4.69, 9.17) is 9.84 Å². The molecule has 3 atom stereocenters. The van der Waals surface area contributed by atoms with Gasteiger partial charge in [-0.2, -0.15) is 0 Å². The number of hydrogen-bond donors (Lipinski definition) is 1. The molecule has 1 rings (SSSR count). The van der Waals surface area contributed by atoms with Crippen molar-refractivity contribution in [1.82, 2.24) is 4.90 Å². The molecule has 0 aromatic rings. The smallest absolute Gasteiger partial charge is 0.0933 e. The Balaban J connectivity index is 2.49. The highest BCUT2D eigenvalue weighted by Gasteiger charge is 2.27. The van der Waals surface area contributed by atoms with E-state index in [0.29, 0.717) is 12.1 Å². The summed E-state index contributed by atoms with van der Waals surface area (Å²) in [5, 5.41) is 9.00. The van der Waals surface area contributed by atoms with Gasteiger partial charge in [-0.3, -0.25) is 4.90 Å². The summed E-state index contributed by atoms with van der Waals surface area (Å²) in [4.78, 5) is 2.42. The van der Waals surface area contributed by atoms with Crippen LogP contribution in [0.3, 0.4) is 0 Å². The second kappa shape index (κ2) is 4.94. The van der Waals surface area contributed by atoms with E-state index < -0.39 is 0 Å². The third-order valence-corrected chi connectivity index (χ3v) is 2.91. The lowest BCUT2D eigenvalue weighted by Gasteiger charge is -2.40. The summed E-state index contributed by atoms with van der Waals surface area (Å²) in [7, 11) is 0. The van der Waals surface area contributed by atoms with Crippen molar-refractivity contribution in [3.63, 3.8) is 0 Å². The van der Waals surface area contributed by atoms with Crippen LogP contribution in [0.5, 0.6) is 0 Å². The molecule has 0 aliphatic carbocycles. The van der Waals surface area contributed by atoms with Gasteiger partial charge in [0.15, 0.2) is 0 Å². The van der Waals surface area contributed by atoms with Crippen LogP contribution in [0.4, 0.5) is 0 Å². The summed E-state index contributed by atoms with van der Waals surface area (Å²) in [6.45, 7) is 8.36. The summed E-state index contributed by atoms with van der Waals surface area (Å²) in [6, 6.07) is 1.07. The Morgan fingerprint density at radius 1 is 1.62 bits per heavy atom. The Bertz CT molecular complexity index is 148. The lowest BCUT2D eigenvalue weighted by molar-refractivity contribution is -0.0892. The monoisotopic (exact) mass is 187 g/mol. The number of aliphatic hydroxyl groups excluding tert-OH is 1. The van der Waals surface area contributed by atoms with Crippen LogP contribution in [0.25, 0.3) is 0 Å². The number of ether oxygens (including phenoxy) is 1. The van der Waals surface area contributed by atoms with Crippen LogP contribution in [0.15, 0.2) is 0 Å². The van der Waals surface area contributed by atoms with Gasteiger partial charge in [-0.05, 0) is 20.3 Å². The Hall–Kier alpha value is -0.120. The fourth-order valence-corrected chi connectivity index (χ4v) is 1.80. The summed E-state index contributed by atoms with van der Waals surface area (Å²) in [5.41, 5.74) is 0. The van der Waals surface area contributed by atoms with Crippen LogP contribution in [0, 0.1) is 0 Å². The lowest BCUT2D eigenvalue weighted by Crippen LogP contribution is -2.52. The molecule has 0 spiro atoms. The molecule has 0 bridgehead atoms. The van der Waals surface area contributed by atoms with Gasteiger partial charge in [0, 0.05) is 18.6 Å². The maximum absolute atomic E-state index is 9.00. The molecule has 1 aliphatic rings. The molecule has 1 N–H and O–H groups in total. The minimum absolute atomic E-state index is 0.0187. The molecule has 0 radical (unpaired) electrons. The molecule has 1 aliphatic heterocycles. The molecule has 13 heavy (non-hydrogen) atoms. The van der Waals surface area contributed by atoms with Crippen molar-refractivity contribution in [2.24, 2.45) is 0 Å². The molecular formula is C10H21NO2. The SMILES string of the molecule is CCC(C)N1CC(CO)OCC1C. The maximum Gasteiger partial charge on any atom is 0.0933 e. The van der Waals surface area contributed by atoms with E-state index in [1.807, 2.05) is 0 Å². The minimum atomic E-state index is 0.0187. The fraction of sp³-hybridized carbons (Fsp3) is 1.00. The Kier molecular flexibility index (Phi) is 4.16. The molecule has 1 fully saturated rings. The zero-order valence-electron chi connectivity index (χ0n) is 8.86. The summed E-state index contributed by atoms with van der Waals surface area (Å²) in [6.07, 6.45) is 1.17. The summed E-state index contributed by atoms with van der Waals surface area (Å²) < 4.78 is 5.47. The van der Waals surface area contributed by atoms with Crippen molar-refractivity contribution in [2.45, 2.75) is 45.4 Å². The molecular weight excluding hydrogens is 166 g/mol. The molecule has 0 aromatic heterocycles. The van der Waals surface area contributed by atoms with Gasteiger partial charge in [0.05, 0.1) is 19.3 Å². The van der Waals surface area contributed by atoms with Crippen molar-refractivity contribution in [3.05, 3.63) is 0 Å². The fourth-order valence-electron chi connectivity index (χ4n) is 1.80. The standard InChI is InChI=1S/C10H21NO2/c1-4-8(2)11-5-10(6-12)13-7-9(11)3/h8-10,12H,4-7H2,1-3H3. The quantitative estimate of drug-likeness (QED) is 0.711. The predicted octanol–water partition coefficient (Wildman–Crippen LogP) is 0.866. The molecule has 1 heterocycles. The second-order valence-corrected chi connectivity index (χ2v) is 3.94. The first kappa shape index (κ1) is 11.0. The first-order chi connectivity index (χ1) is 6.19. The van der Waals surface area contributed by atoms with E-state index >= 15 is 0 Å². The average molecular weight is 187 g/mol. The van der Waals surface area contributed by atoms with Gasteiger partial charge < -0.3 is 9.84 Å². The molecule has 0 amide bonds. The number of rotatable bonds is 3. The maximum atomic E-state index is 9.00. The van der Waals surface area contributed by atoms with E-state index in [0.717, 1.165) is 19.6 Å². The van der Waals surface area contributed by atoms with Gasteiger partial charge in [0.25, 0.3) is 0 Å². The van der Waals surface area contributed by atoms with Gasteiger partial charge in [-0.15, -0.1) is 0 Å². The van der Waals surface area contributed by atoms with Crippen LogP contribution >= 0.6 is 0 Å². The van der Waals surface area contributed by atoms with E-state index in [-0.39, 0.29) is 12.7 Å². The molecule has 3 unspecified atom stereocenters. The summed E-state index contributed by atoms with van der Waals surface area (Å²) in [5.74, 6) is 0. The Morgan fingerprint density at radius 3 is 2.85 bits per heavy atom. The minimum Gasteiger partial charge on any atom is -0.394 e. The van der Waals surface area contributed by atoms with Crippen LogP contribution in [0.1, 0.15) is 27.2 Å². The van der Waals surface area contributed by atoms with Gasteiger partial charge >= 0.3 is 0 Å². The van der Waals surface area contributed by atoms with Gasteiger partial charge in [0.1, 0.15) is 0 Å². The first-order valence-electron chi connectivity index (χ1n) is 5.17. The van der Waals surface area contributed by atoms with Crippen LogP contribution < -0.4 is 0 Å². The highest BCUT2D eigenvalue weighted by molar-refractivity contribution is 4.80. The number of nitrogens with zero attached hydrogens (tertiary/aromatic N) is 1. The third kappa shape index (κ3) is 2.66. The van der Waals surface area contributed by atoms with Crippen LogP contribution in [-0.4, -0.2) is 48.0 Å². The topological polar surface area (TPSA) is 32.7 Å². The molecule has 0 saturated carbocycles. The number of hydrogen-bond acceptors (Lipinski definition) is 3. The second-order valence-electron chi connectivity index (χ2n) is 3.94. The van der Waals surface area contributed by atoms with Gasteiger partial charge in [-0.25, -0.2) is 0 Å². The Morgan fingerprint density at radius 2 is 2.31 bits per heavy atom. The number of aliphatic hydroxyl groups is 1. The van der Waals surface area contributed by atoms with E-state index in [1.54, 1.807) is 0 Å². The van der Waals surface area contributed by atoms with Crippen LogP contribution in [0.2, 0.25) is 0 Å². The lowest BCUT2D eigenvalue weighted by atomic mass is 10.1. The van der Waals surface area contributed by atoms with Gasteiger partial charge in [-0.1, -0.05) is 6.92 Å². The molecule has 0 aromatic carbocycles. The van der Waals surface area contributed by atoms with E-state index in [9.17, 15) is 0 Å². The molecule has 3 heteroatoms. The van der Waals surface area contributed by atoms with Crippen molar-refractivity contribution in [3.8, 4) is 0 Å². The van der Waals surface area contributed by atoms with Crippen molar-refractivity contribution < 1.29 is 9.84 Å². The molecule has 1 saturated heterocycles. The highest BCUT2D eigenvalue weighted by atomic mass is 16.5. The van der Waals surface area contributed by atoms with E-state index in [1.165, 1.54) is 0 Å². The van der Waals surface area contributed by atoms with Crippen molar-refractivity contribution >= 4 is 0 Å². The largest absolute Gasteiger partial charge is 0.394 e. The van der Waals surface area contributed by atoms with Gasteiger partial charge in [0.2, 0.25) is 0 Å². The Labute approximate surface area is 80.7 Å². The number of morpholine rings is 1. The normalized spacial score (nSPS) is 33.2. The first-order valence-corrected chi connectivity index (χ1v) is 5.17. The molecule has 3 nitrogen and oxygen atoms in total. The third-order valence-electron chi connectivity index (χ3n) is 2.91. The van der Waals surface area contributed by atoms with Crippen LogP contribution in [-0.2, 0) is 4.74 Å². The zero-order valence-corrected chi connectivity index (χ0v) is 8.86. The van der Waals surface area contributed by atoms with E-state index in [2.05, 4.69) is 25.7 Å². The average Bonchev–Trinajstić information content (AvgIpc) is 2.17. The zero-order chi connectivity index (χ0) is 9.84. The predicted molar refractivity (Wildman–Crippen MR) is 52.7 cm³/mol.